The molecule has 0 atom stereocenters. The summed E-state index contributed by atoms with van der Waals surface area (Å²) in [5.41, 5.74) is 7.30. The lowest BCUT2D eigenvalue weighted by molar-refractivity contribution is 0.381. The van der Waals surface area contributed by atoms with Gasteiger partial charge in [0.2, 0.25) is 0 Å². The molecule has 0 bridgehead atoms. The Morgan fingerprint density at radius 1 is 1.17 bits per heavy atom. The number of nitriles is 1. The van der Waals surface area contributed by atoms with Crippen molar-refractivity contribution in [3.8, 4) is 6.07 Å². The van der Waals surface area contributed by atoms with Crippen LogP contribution in [0.1, 0.15) is 9.75 Å². The van der Waals surface area contributed by atoms with Crippen molar-refractivity contribution in [2.75, 3.05) is 31.1 Å². The number of hydrogen-bond donors (Lipinski definition) is 1. The van der Waals surface area contributed by atoms with Crippen LogP contribution in [0.4, 0.5) is 5.69 Å². The zero-order chi connectivity index (χ0) is 16.9. The van der Waals surface area contributed by atoms with Crippen LogP contribution in [-0.2, 0) is 6.54 Å². The fraction of sp³-hybridized carbons (Fsp3) is 0.294. The summed E-state index contributed by atoms with van der Waals surface area (Å²) in [7, 11) is 0. The Labute approximate surface area is 150 Å². The summed E-state index contributed by atoms with van der Waals surface area (Å²) in [5, 5.41) is 9.60. The maximum absolute atomic E-state index is 8.85. The minimum Gasteiger partial charge on any atom is -0.370 e. The number of guanidine groups is 1. The molecule has 0 unspecified atom stereocenters. The summed E-state index contributed by atoms with van der Waals surface area (Å²) < 4.78 is 0. The quantitative estimate of drug-likeness (QED) is 0.675. The maximum Gasteiger partial charge on any atom is 0.191 e. The molecule has 0 saturated carbocycles. The predicted molar refractivity (Wildman–Crippen MR) is 99.6 cm³/mol. The average Bonchev–Trinajstić information content (AvgIpc) is 3.09. The summed E-state index contributed by atoms with van der Waals surface area (Å²) in [6.07, 6.45) is 0. The maximum atomic E-state index is 8.85. The zero-order valence-electron chi connectivity index (χ0n) is 13.2. The van der Waals surface area contributed by atoms with E-state index in [0.717, 1.165) is 36.1 Å². The first-order valence-corrected chi connectivity index (χ1v) is 8.89. The summed E-state index contributed by atoms with van der Waals surface area (Å²) in [4.78, 5) is 10.6. The lowest BCUT2D eigenvalue weighted by atomic mass is 10.2. The largest absolute Gasteiger partial charge is 0.370 e. The molecule has 0 spiro atoms. The number of hydrogen-bond acceptors (Lipinski definition) is 4. The topological polar surface area (TPSA) is 68.6 Å². The number of benzene rings is 1. The number of thiophene rings is 1. The third-order valence-electron chi connectivity index (χ3n) is 3.96. The van der Waals surface area contributed by atoms with Crippen molar-refractivity contribution in [3.63, 3.8) is 0 Å². The Balaban J connectivity index is 1.54. The molecule has 2 N–H and O–H groups in total. The molecule has 124 valence electrons. The first-order chi connectivity index (χ1) is 11.7. The molecule has 1 aromatic heterocycles. The van der Waals surface area contributed by atoms with Gasteiger partial charge in [-0.15, -0.1) is 11.3 Å². The zero-order valence-corrected chi connectivity index (χ0v) is 14.7. The van der Waals surface area contributed by atoms with Gasteiger partial charge in [-0.2, -0.15) is 5.26 Å². The average molecular weight is 360 g/mol. The molecule has 2 aromatic rings. The van der Waals surface area contributed by atoms with Gasteiger partial charge in [0.15, 0.2) is 5.96 Å². The number of nitrogens with two attached hydrogens (primary N) is 1. The normalized spacial score (nSPS) is 15.4. The molecule has 5 nitrogen and oxygen atoms in total. The molecular weight excluding hydrogens is 342 g/mol. The van der Waals surface area contributed by atoms with Crippen molar-refractivity contribution in [1.29, 1.82) is 5.26 Å². The van der Waals surface area contributed by atoms with E-state index in [0.29, 0.717) is 17.4 Å². The Kier molecular flexibility index (Phi) is 5.24. The Hall–Kier alpha value is -2.23. The third kappa shape index (κ3) is 3.99. The Morgan fingerprint density at radius 3 is 2.50 bits per heavy atom. The highest BCUT2D eigenvalue weighted by Crippen LogP contribution is 2.20. The fourth-order valence-electron chi connectivity index (χ4n) is 2.63. The van der Waals surface area contributed by atoms with Crippen molar-refractivity contribution in [2.45, 2.75) is 6.54 Å². The number of anilines is 1. The number of halogens is 1. The number of rotatable bonds is 3. The Morgan fingerprint density at radius 2 is 1.88 bits per heavy atom. The van der Waals surface area contributed by atoms with E-state index >= 15 is 0 Å². The van der Waals surface area contributed by atoms with Crippen LogP contribution in [-0.4, -0.2) is 37.0 Å². The van der Waals surface area contributed by atoms with Crippen LogP contribution in [0.3, 0.4) is 0 Å². The van der Waals surface area contributed by atoms with Crippen LogP contribution in [0.2, 0.25) is 5.02 Å². The van der Waals surface area contributed by atoms with Crippen LogP contribution >= 0.6 is 22.9 Å². The van der Waals surface area contributed by atoms with E-state index in [9.17, 15) is 0 Å². The molecule has 3 rings (SSSR count). The van der Waals surface area contributed by atoms with Crippen molar-refractivity contribution < 1.29 is 0 Å². The molecule has 24 heavy (non-hydrogen) atoms. The van der Waals surface area contributed by atoms with Gasteiger partial charge in [-0.25, -0.2) is 4.99 Å². The molecule has 1 fully saturated rings. The van der Waals surface area contributed by atoms with E-state index in [-0.39, 0.29) is 0 Å². The Bertz CT molecular complexity index is 754. The molecular formula is C17H18ClN5S. The molecule has 1 aliphatic heterocycles. The molecule has 0 radical (unpaired) electrons. The van der Waals surface area contributed by atoms with Crippen molar-refractivity contribution in [1.82, 2.24) is 4.90 Å². The minimum atomic E-state index is 0.523. The van der Waals surface area contributed by atoms with Gasteiger partial charge in [0.1, 0.15) is 10.9 Å². The standard InChI is InChI=1S/C17H18ClN5S/c18-13-1-3-14(4-2-13)22-7-9-23(10-8-22)17(20)21-12-16-6-5-15(11-19)24-16/h1-6H,7-10,12H2,(H2,20,21). The molecule has 1 aliphatic rings. The predicted octanol–water partition coefficient (Wildman–Crippen LogP) is 2.91. The number of piperazine rings is 1. The second-order valence-corrected chi connectivity index (χ2v) is 7.11. The summed E-state index contributed by atoms with van der Waals surface area (Å²) in [5.74, 6) is 0.567. The second-order valence-electron chi connectivity index (χ2n) is 5.50. The van der Waals surface area contributed by atoms with E-state index in [1.807, 2.05) is 36.4 Å². The highest BCUT2D eigenvalue weighted by atomic mass is 35.5. The van der Waals surface area contributed by atoms with Gasteiger partial charge in [0, 0.05) is 41.8 Å². The lowest BCUT2D eigenvalue weighted by Gasteiger charge is -2.36. The number of aliphatic imine (C=N–C) groups is 1. The monoisotopic (exact) mass is 359 g/mol. The second kappa shape index (κ2) is 7.56. The van der Waals surface area contributed by atoms with E-state index in [4.69, 9.17) is 22.6 Å². The minimum absolute atomic E-state index is 0.523. The molecule has 2 heterocycles. The van der Waals surface area contributed by atoms with Crippen LogP contribution < -0.4 is 10.6 Å². The third-order valence-corrected chi connectivity index (χ3v) is 5.19. The van der Waals surface area contributed by atoms with Gasteiger partial charge >= 0.3 is 0 Å². The van der Waals surface area contributed by atoms with Crippen LogP contribution in [0.25, 0.3) is 0 Å². The fourth-order valence-corrected chi connectivity index (χ4v) is 3.48. The smallest absolute Gasteiger partial charge is 0.191 e. The van der Waals surface area contributed by atoms with Gasteiger partial charge < -0.3 is 15.5 Å². The van der Waals surface area contributed by atoms with Gasteiger partial charge in [-0.3, -0.25) is 0 Å². The van der Waals surface area contributed by atoms with Crippen LogP contribution in [0.5, 0.6) is 0 Å². The first kappa shape index (κ1) is 16.6. The van der Waals surface area contributed by atoms with E-state index in [1.165, 1.54) is 17.0 Å². The molecule has 1 aromatic carbocycles. The molecule has 7 heteroatoms. The van der Waals surface area contributed by atoms with Gasteiger partial charge in [0.25, 0.3) is 0 Å². The molecule has 0 amide bonds. The summed E-state index contributed by atoms with van der Waals surface area (Å²) in [6.45, 7) is 4.00. The van der Waals surface area contributed by atoms with Crippen molar-refractivity contribution in [2.24, 2.45) is 10.7 Å². The first-order valence-electron chi connectivity index (χ1n) is 7.70. The lowest BCUT2D eigenvalue weighted by Crippen LogP contribution is -2.51. The molecule has 0 aliphatic carbocycles. The van der Waals surface area contributed by atoms with Crippen molar-refractivity contribution in [3.05, 3.63) is 51.2 Å². The molecule has 1 saturated heterocycles. The highest BCUT2D eigenvalue weighted by Gasteiger charge is 2.18. The SMILES string of the molecule is N#Cc1ccc(CN=C(N)N2CCN(c3ccc(Cl)cc3)CC2)s1. The van der Waals surface area contributed by atoms with Crippen LogP contribution in [0, 0.1) is 11.3 Å². The highest BCUT2D eigenvalue weighted by molar-refractivity contribution is 7.12. The van der Waals surface area contributed by atoms with Crippen molar-refractivity contribution >= 4 is 34.6 Å². The van der Waals surface area contributed by atoms with Crippen LogP contribution in [0.15, 0.2) is 41.4 Å². The van der Waals surface area contributed by atoms with Gasteiger partial charge in [0.05, 0.1) is 6.54 Å². The van der Waals surface area contributed by atoms with Gasteiger partial charge in [-0.1, -0.05) is 11.6 Å². The summed E-state index contributed by atoms with van der Waals surface area (Å²) in [6, 6.07) is 13.8. The van der Waals surface area contributed by atoms with Gasteiger partial charge in [-0.05, 0) is 36.4 Å². The summed E-state index contributed by atoms with van der Waals surface area (Å²) >= 11 is 7.39. The van der Waals surface area contributed by atoms with E-state index in [1.54, 1.807) is 0 Å². The van der Waals surface area contributed by atoms with E-state index < -0.39 is 0 Å². The van der Waals surface area contributed by atoms with E-state index in [2.05, 4.69) is 20.9 Å². The number of nitrogens with zero attached hydrogens (tertiary/aromatic N) is 4.